The molecular weight excluding hydrogens is 332 g/mol. The maximum absolute atomic E-state index is 12.1. The van der Waals surface area contributed by atoms with Crippen molar-refractivity contribution in [2.45, 2.75) is 19.8 Å². The van der Waals surface area contributed by atoms with Gasteiger partial charge in [0.05, 0.1) is 12.3 Å². The zero-order chi connectivity index (χ0) is 17.5. The molecule has 1 heterocycles. The van der Waals surface area contributed by atoms with Gasteiger partial charge in [-0.2, -0.15) is 0 Å². The quantitative estimate of drug-likeness (QED) is 0.614. The maximum atomic E-state index is 12.1. The van der Waals surface area contributed by atoms with E-state index in [0.717, 1.165) is 21.9 Å². The molecular formula is C20H20N2O2S. The average molecular weight is 352 g/mol. The van der Waals surface area contributed by atoms with Crippen molar-refractivity contribution in [1.82, 2.24) is 4.98 Å². The third-order valence-corrected chi connectivity index (χ3v) is 4.54. The van der Waals surface area contributed by atoms with Gasteiger partial charge in [-0.25, -0.2) is 4.98 Å². The number of rotatable bonds is 7. The van der Waals surface area contributed by atoms with Crippen molar-refractivity contribution in [3.8, 4) is 17.0 Å². The lowest BCUT2D eigenvalue weighted by atomic mass is 10.1. The first-order valence-corrected chi connectivity index (χ1v) is 9.04. The molecule has 4 nitrogen and oxygen atoms in total. The molecule has 1 aromatic heterocycles. The van der Waals surface area contributed by atoms with Crippen LogP contribution >= 0.6 is 11.3 Å². The Kier molecular flexibility index (Phi) is 5.80. The number of amides is 1. The van der Waals surface area contributed by atoms with Crippen molar-refractivity contribution < 1.29 is 9.53 Å². The molecule has 0 unspecified atom stereocenters. The van der Waals surface area contributed by atoms with Crippen molar-refractivity contribution >= 4 is 22.4 Å². The highest BCUT2D eigenvalue weighted by atomic mass is 32.1. The summed E-state index contributed by atoms with van der Waals surface area (Å²) in [5.74, 6) is 0.788. The van der Waals surface area contributed by atoms with Crippen LogP contribution in [0.1, 0.15) is 17.7 Å². The summed E-state index contributed by atoms with van der Waals surface area (Å²) in [5, 5.41) is 3.53. The standard InChI is InChI=1S/C20H20N2O2S/c1-15-19(16-9-4-2-5-10-16)22-20(25-15)21-18(23)13-8-14-24-17-11-6-3-7-12-17/h2-7,9-12H,8,13-14H2,1H3,(H,21,22,23). The molecule has 0 bridgehead atoms. The van der Waals surface area contributed by atoms with E-state index in [1.165, 1.54) is 11.3 Å². The molecule has 3 rings (SSSR count). The summed E-state index contributed by atoms with van der Waals surface area (Å²) < 4.78 is 5.59. The Balaban J connectivity index is 1.48. The van der Waals surface area contributed by atoms with Crippen LogP contribution in [-0.4, -0.2) is 17.5 Å². The molecule has 0 spiro atoms. The van der Waals surface area contributed by atoms with E-state index >= 15 is 0 Å². The number of hydrogen-bond donors (Lipinski definition) is 1. The summed E-state index contributed by atoms with van der Waals surface area (Å²) in [5.41, 5.74) is 1.99. The molecule has 5 heteroatoms. The van der Waals surface area contributed by atoms with E-state index < -0.39 is 0 Å². The number of carbonyl (C=O) groups is 1. The van der Waals surface area contributed by atoms with Crippen molar-refractivity contribution in [3.63, 3.8) is 0 Å². The Labute approximate surface area is 151 Å². The SMILES string of the molecule is Cc1sc(NC(=O)CCCOc2ccccc2)nc1-c1ccccc1. The van der Waals surface area contributed by atoms with E-state index in [1.807, 2.05) is 67.6 Å². The van der Waals surface area contributed by atoms with Crippen molar-refractivity contribution in [1.29, 1.82) is 0 Å². The lowest BCUT2D eigenvalue weighted by Crippen LogP contribution is -2.12. The van der Waals surface area contributed by atoms with Crippen LogP contribution < -0.4 is 10.1 Å². The Hall–Kier alpha value is -2.66. The van der Waals surface area contributed by atoms with E-state index in [-0.39, 0.29) is 5.91 Å². The minimum absolute atomic E-state index is 0.0370. The maximum Gasteiger partial charge on any atom is 0.226 e. The summed E-state index contributed by atoms with van der Waals surface area (Å²) in [6.45, 7) is 2.53. The second kappa shape index (κ2) is 8.44. The monoisotopic (exact) mass is 352 g/mol. The molecule has 3 aromatic rings. The van der Waals surface area contributed by atoms with Crippen LogP contribution in [0.4, 0.5) is 5.13 Å². The zero-order valence-electron chi connectivity index (χ0n) is 14.1. The predicted octanol–water partition coefficient (Wildman–Crippen LogP) is 4.92. The smallest absolute Gasteiger partial charge is 0.226 e. The molecule has 0 atom stereocenters. The third kappa shape index (κ3) is 4.90. The van der Waals surface area contributed by atoms with Gasteiger partial charge in [-0.05, 0) is 25.5 Å². The highest BCUT2D eigenvalue weighted by Gasteiger charge is 2.11. The number of hydrogen-bond acceptors (Lipinski definition) is 4. The van der Waals surface area contributed by atoms with Crippen LogP contribution in [0.2, 0.25) is 0 Å². The largest absolute Gasteiger partial charge is 0.494 e. The van der Waals surface area contributed by atoms with Gasteiger partial charge >= 0.3 is 0 Å². The van der Waals surface area contributed by atoms with Crippen LogP contribution in [0.25, 0.3) is 11.3 Å². The molecule has 0 radical (unpaired) electrons. The normalized spacial score (nSPS) is 10.4. The van der Waals surface area contributed by atoms with Gasteiger partial charge in [-0.1, -0.05) is 48.5 Å². The summed E-state index contributed by atoms with van der Waals surface area (Å²) in [4.78, 5) is 17.7. The number of thiazole rings is 1. The van der Waals surface area contributed by atoms with Crippen molar-refractivity contribution in [3.05, 3.63) is 65.5 Å². The number of para-hydroxylation sites is 1. The summed E-state index contributed by atoms with van der Waals surface area (Å²) in [6, 6.07) is 19.6. The molecule has 0 aliphatic carbocycles. The molecule has 2 aromatic carbocycles. The van der Waals surface area contributed by atoms with Gasteiger partial charge in [0.25, 0.3) is 0 Å². The minimum Gasteiger partial charge on any atom is -0.494 e. The number of benzene rings is 2. The van der Waals surface area contributed by atoms with Gasteiger partial charge in [0, 0.05) is 16.9 Å². The molecule has 0 aliphatic heterocycles. The molecule has 1 N–H and O–H groups in total. The third-order valence-electron chi connectivity index (χ3n) is 3.65. The molecule has 1 amide bonds. The highest BCUT2D eigenvalue weighted by molar-refractivity contribution is 7.16. The van der Waals surface area contributed by atoms with Gasteiger partial charge in [-0.15, -0.1) is 11.3 Å². The summed E-state index contributed by atoms with van der Waals surface area (Å²) in [7, 11) is 0. The van der Waals surface area contributed by atoms with Crippen LogP contribution in [0.15, 0.2) is 60.7 Å². The Morgan fingerprint density at radius 1 is 1.08 bits per heavy atom. The summed E-state index contributed by atoms with van der Waals surface area (Å²) in [6.07, 6.45) is 1.07. The number of aromatic nitrogens is 1. The van der Waals surface area contributed by atoms with E-state index in [4.69, 9.17) is 4.74 Å². The fourth-order valence-corrected chi connectivity index (χ4v) is 3.29. The number of nitrogens with zero attached hydrogens (tertiary/aromatic N) is 1. The number of carbonyl (C=O) groups excluding carboxylic acids is 1. The highest BCUT2D eigenvalue weighted by Crippen LogP contribution is 2.30. The molecule has 0 aliphatic rings. The molecule has 0 saturated carbocycles. The summed E-state index contributed by atoms with van der Waals surface area (Å²) >= 11 is 1.50. The van der Waals surface area contributed by atoms with E-state index in [9.17, 15) is 4.79 Å². The lowest BCUT2D eigenvalue weighted by molar-refractivity contribution is -0.116. The Morgan fingerprint density at radius 3 is 2.48 bits per heavy atom. The van der Waals surface area contributed by atoms with Crippen LogP contribution in [0.5, 0.6) is 5.75 Å². The number of anilines is 1. The van der Waals surface area contributed by atoms with Gasteiger partial charge in [0.1, 0.15) is 5.75 Å². The second-order valence-electron chi connectivity index (χ2n) is 5.60. The first kappa shape index (κ1) is 17.2. The fourth-order valence-electron chi connectivity index (χ4n) is 2.43. The van der Waals surface area contributed by atoms with E-state index in [0.29, 0.717) is 24.6 Å². The minimum atomic E-state index is -0.0370. The van der Waals surface area contributed by atoms with Crippen LogP contribution in [-0.2, 0) is 4.79 Å². The van der Waals surface area contributed by atoms with E-state index in [2.05, 4.69) is 10.3 Å². The van der Waals surface area contributed by atoms with Crippen molar-refractivity contribution in [2.24, 2.45) is 0 Å². The number of aryl methyl sites for hydroxylation is 1. The topological polar surface area (TPSA) is 51.2 Å². The molecule has 0 fully saturated rings. The first-order valence-electron chi connectivity index (χ1n) is 8.23. The lowest BCUT2D eigenvalue weighted by Gasteiger charge is -2.05. The van der Waals surface area contributed by atoms with Gasteiger partial charge < -0.3 is 10.1 Å². The number of nitrogens with one attached hydrogen (secondary N) is 1. The van der Waals surface area contributed by atoms with Gasteiger partial charge in [0.2, 0.25) is 5.91 Å². The average Bonchev–Trinajstić information content (AvgIpc) is 3.00. The van der Waals surface area contributed by atoms with E-state index in [1.54, 1.807) is 0 Å². The van der Waals surface area contributed by atoms with Crippen LogP contribution in [0, 0.1) is 6.92 Å². The van der Waals surface area contributed by atoms with Crippen LogP contribution in [0.3, 0.4) is 0 Å². The van der Waals surface area contributed by atoms with Crippen molar-refractivity contribution in [2.75, 3.05) is 11.9 Å². The Morgan fingerprint density at radius 2 is 1.76 bits per heavy atom. The van der Waals surface area contributed by atoms with Gasteiger partial charge in [-0.3, -0.25) is 4.79 Å². The van der Waals surface area contributed by atoms with Gasteiger partial charge in [0.15, 0.2) is 5.13 Å². The predicted molar refractivity (Wildman–Crippen MR) is 102 cm³/mol. The Bertz CT molecular complexity index is 816. The molecule has 25 heavy (non-hydrogen) atoms. The molecule has 128 valence electrons. The molecule has 0 saturated heterocycles. The zero-order valence-corrected chi connectivity index (χ0v) is 14.9. The number of ether oxygens (including phenoxy) is 1. The first-order chi connectivity index (χ1) is 12.2. The second-order valence-corrected chi connectivity index (χ2v) is 6.81. The fraction of sp³-hybridized carbons (Fsp3) is 0.200.